The number of benzene rings is 3. The van der Waals surface area contributed by atoms with Crippen molar-refractivity contribution >= 4 is 380 Å². The summed E-state index contributed by atoms with van der Waals surface area (Å²) >= 11 is 0. The Kier molecular flexibility index (Phi) is 64.4. The third-order valence-corrected chi connectivity index (χ3v) is 307. The summed E-state index contributed by atoms with van der Waals surface area (Å²) < 4.78 is 0. The van der Waals surface area contributed by atoms with Crippen LogP contribution in [-0.4, -0.2) is 13.3 Å². The van der Waals surface area contributed by atoms with Crippen LogP contribution < -0.4 is 0 Å². The second kappa shape index (κ2) is 51.2. The first-order valence-corrected chi connectivity index (χ1v) is 103. The predicted octanol–water partition coefficient (Wildman–Crippen LogP) is 32.9. The molecule has 0 saturated heterocycles. The van der Waals surface area contributed by atoms with Crippen molar-refractivity contribution < 1.29 is 0 Å². The van der Waals surface area contributed by atoms with Gasteiger partial charge in [-0.05, 0) is 197 Å². The van der Waals surface area contributed by atoms with Crippen molar-refractivity contribution in [1.82, 2.24) is 0 Å². The molecule has 0 aliphatic carbocycles. The molecule has 31 unspecified atom stereocenters. The summed E-state index contributed by atoms with van der Waals surface area (Å²) in [6, 6.07) is 32.2. The minimum atomic E-state index is -0.0146. The van der Waals surface area contributed by atoms with E-state index in [4.69, 9.17) is 0 Å². The van der Waals surface area contributed by atoms with E-state index in [0.717, 1.165) is 15.9 Å². The highest BCUT2D eigenvalue weighted by atomic mass is 33.4. The standard InChI is InChI=1S/C18H15S.C2H6.CH28P24.CH26P22/c1-4-10-16(11-5-1)19(17-12-6-2-7-13-17)18-14-8-3-9-15-18;1-2;1-15(22(16(3)4)21(13)14-2)23(24(17(5)6)18(7)8)25(19(9)10)20(11)12;1-14(21(16(5)6)17(7)8)22(20(13-2)15(3)4)23(18(9)10)19(11)12/h1-15H;1-2H3;14H,2-13H2,1H3;13H,2-12H2,1H3/q+1;;;. The number of hydrogen-bond acceptors (Lipinski definition) is 0. The second-order valence-corrected chi connectivity index (χ2v) is 196. The molecule has 0 radical (unpaired) electrons. The maximum atomic E-state index is 3.29. The Morgan fingerprint density at radius 3 is 0.768 bits per heavy atom. The van der Waals surface area contributed by atoms with Gasteiger partial charge in [0.2, 0.25) is 0 Å². The quantitative estimate of drug-likeness (QED) is 0.0619. The Bertz CT molecular complexity index is 1550. The fourth-order valence-corrected chi connectivity index (χ4v) is 555. The Morgan fingerprint density at radius 1 is 0.304 bits per heavy atom. The predicted molar refractivity (Wildman–Crippen MR) is 490 cm³/mol. The van der Waals surface area contributed by atoms with Crippen molar-refractivity contribution in [2.24, 2.45) is 0 Å². The molecule has 3 rings (SSSR count). The van der Waals surface area contributed by atoms with Gasteiger partial charge < -0.3 is 0 Å². The van der Waals surface area contributed by atoms with E-state index in [1.54, 1.807) is 0 Å². The molecule has 0 aromatic heterocycles. The van der Waals surface area contributed by atoms with Crippen LogP contribution in [0.5, 0.6) is 0 Å². The summed E-state index contributed by atoms with van der Waals surface area (Å²) in [5.74, 6) is 0. The minimum Gasteiger partial charge on any atom is -0.109 e. The van der Waals surface area contributed by atoms with E-state index in [0.29, 0.717) is 0 Å². The minimum absolute atomic E-state index is 0.00688. The molecular weight excluding hydrogens is 1720 g/mol. The highest BCUT2D eigenvalue weighted by molar-refractivity contribution is 9.37. The summed E-state index contributed by atoms with van der Waals surface area (Å²) in [5, 5.41) is 0. The molecule has 398 valence electrons. The molecule has 0 N–H and O–H groups in total. The van der Waals surface area contributed by atoms with Gasteiger partial charge in [0.25, 0.3) is 0 Å². The second-order valence-electron chi connectivity index (χ2n) is 11.8. The molecule has 0 saturated carbocycles. The lowest BCUT2D eigenvalue weighted by atomic mass is 10.4. The van der Waals surface area contributed by atoms with Crippen LogP contribution in [0.2, 0.25) is 0 Å². The molecule has 0 heterocycles. The van der Waals surface area contributed by atoms with Gasteiger partial charge in [0.05, 0.1) is 10.9 Å². The zero-order valence-corrected chi connectivity index (χ0v) is 86.4. The molecule has 69 heavy (non-hydrogen) atoms. The van der Waals surface area contributed by atoms with E-state index in [2.05, 4.69) is 310 Å². The molecule has 0 fully saturated rings. The highest BCUT2D eigenvalue weighted by Gasteiger charge is 2.45. The Morgan fingerprint density at radius 2 is 0.551 bits per heavy atom. The first-order chi connectivity index (χ1) is 32.3. The van der Waals surface area contributed by atoms with Gasteiger partial charge in [-0.25, -0.2) is 0 Å². The first-order valence-electron chi connectivity index (χ1n) is 18.5. The molecule has 0 aliphatic rings. The van der Waals surface area contributed by atoms with Gasteiger partial charge in [0.1, 0.15) is 0 Å². The average Bonchev–Trinajstić information content (AvgIpc) is 3.27. The molecule has 0 nitrogen and oxygen atoms in total. The van der Waals surface area contributed by atoms with E-state index < -0.39 is 0 Å². The van der Waals surface area contributed by atoms with Crippen LogP contribution in [-0.2, 0) is 10.9 Å². The molecule has 47 heteroatoms. The number of rotatable bonds is 24. The maximum Gasteiger partial charge on any atom is 0.166 e. The van der Waals surface area contributed by atoms with Crippen molar-refractivity contribution in [3.05, 3.63) is 91.0 Å². The van der Waals surface area contributed by atoms with Crippen molar-refractivity contribution in [1.29, 1.82) is 0 Å². The van der Waals surface area contributed by atoms with Gasteiger partial charge in [-0.1, -0.05) is 84.4 Å². The third kappa shape index (κ3) is 33.6. The van der Waals surface area contributed by atoms with Crippen LogP contribution in [0.3, 0.4) is 0 Å². The topological polar surface area (TPSA) is 0 Å². The van der Waals surface area contributed by atoms with Crippen molar-refractivity contribution in [2.45, 2.75) is 28.5 Å². The smallest absolute Gasteiger partial charge is 0.109 e. The zero-order chi connectivity index (χ0) is 53.5. The SMILES string of the molecule is CC.CP(P(P(P)P)P(P)P)P(P(PP)P(P)P)P(P(P)P)P(P)P.CP(P(P(P)P)P(P)PP)P(P(P(P)P)P(P)P)P(P(P)P)P(P)P.c1ccc([S+](c2ccccc2)c2ccccc2)cc1. The Hall–Kier alpha value is 17.8. The van der Waals surface area contributed by atoms with E-state index in [9.17, 15) is 0 Å². The van der Waals surface area contributed by atoms with Crippen LogP contribution in [0.1, 0.15) is 13.8 Å². The van der Waals surface area contributed by atoms with Crippen LogP contribution >= 0.6 is 369 Å². The largest absolute Gasteiger partial charge is 0.166 e. The normalized spacial score (nSPS) is 15.3. The molecular formula is C22H75P46S+. The lowest BCUT2D eigenvalue weighted by molar-refractivity contribution is 1.32. The third-order valence-electron chi connectivity index (χ3n) is 7.14. The summed E-state index contributed by atoms with van der Waals surface area (Å²) in [7, 11) is 76.0. The highest BCUT2D eigenvalue weighted by Crippen LogP contribution is 3.32. The lowest BCUT2D eigenvalue weighted by Crippen LogP contribution is -2.04. The Balaban J connectivity index is 0.000000992. The van der Waals surface area contributed by atoms with Gasteiger partial charge in [0, 0.05) is 0 Å². The maximum absolute atomic E-state index is 3.29. The van der Waals surface area contributed by atoms with E-state index >= 15 is 0 Å². The molecule has 0 spiro atoms. The van der Waals surface area contributed by atoms with Gasteiger partial charge in [-0.15, -0.1) is 205 Å². The fourth-order valence-electron chi connectivity index (χ4n) is 4.83. The molecule has 3 aromatic rings. The summed E-state index contributed by atoms with van der Waals surface area (Å²) in [6.45, 7) is 11.0. The molecule has 0 amide bonds. The van der Waals surface area contributed by atoms with Crippen molar-refractivity contribution in [3.63, 3.8) is 0 Å². The van der Waals surface area contributed by atoms with Gasteiger partial charge in [0.15, 0.2) is 14.7 Å². The van der Waals surface area contributed by atoms with E-state index in [1.165, 1.54) is 14.7 Å². The molecule has 0 aliphatic heterocycles. The number of hydrogen-bond donors (Lipinski definition) is 0. The fraction of sp³-hybridized carbons (Fsp3) is 0.182. The molecule has 31 atom stereocenters. The van der Waals surface area contributed by atoms with Gasteiger partial charge in [-0.2, -0.15) is 0 Å². The summed E-state index contributed by atoms with van der Waals surface area (Å²) in [4.78, 5) is 4.08. The van der Waals surface area contributed by atoms with Crippen LogP contribution in [0.4, 0.5) is 0 Å². The monoisotopic (exact) mass is 1800 g/mol. The van der Waals surface area contributed by atoms with Crippen molar-refractivity contribution in [2.75, 3.05) is 13.3 Å². The Labute approximate surface area is 505 Å². The first kappa shape index (κ1) is 86.8. The van der Waals surface area contributed by atoms with Gasteiger partial charge >= 0.3 is 0 Å². The van der Waals surface area contributed by atoms with Crippen molar-refractivity contribution in [3.8, 4) is 0 Å². The summed E-state index contributed by atoms with van der Waals surface area (Å²) in [6.07, 6.45) is 0. The summed E-state index contributed by atoms with van der Waals surface area (Å²) in [5.41, 5.74) is 0. The van der Waals surface area contributed by atoms with Crippen LogP contribution in [0.25, 0.3) is 0 Å². The van der Waals surface area contributed by atoms with E-state index in [-0.39, 0.29) is 158 Å². The average molecular weight is 1800 g/mol. The van der Waals surface area contributed by atoms with Crippen LogP contribution in [0, 0.1) is 0 Å². The lowest BCUT2D eigenvalue weighted by Gasteiger charge is -2.48. The zero-order valence-electron chi connectivity index (χ0n) is 38.2. The van der Waals surface area contributed by atoms with E-state index in [1.807, 2.05) is 13.8 Å². The molecule has 3 aromatic carbocycles. The molecule has 0 bridgehead atoms. The van der Waals surface area contributed by atoms with Gasteiger partial charge in [-0.3, -0.25) is 0 Å². The van der Waals surface area contributed by atoms with Crippen LogP contribution in [0.15, 0.2) is 106 Å².